The van der Waals surface area contributed by atoms with E-state index in [-0.39, 0.29) is 5.56 Å². The molecule has 0 atom stereocenters. The molecule has 0 aliphatic rings. The van der Waals surface area contributed by atoms with Gasteiger partial charge in [0, 0.05) is 18.2 Å². The first-order valence-electron chi connectivity index (χ1n) is 5.18. The molecular weight excluding hydrogens is 236 g/mol. The van der Waals surface area contributed by atoms with E-state index in [1.165, 1.54) is 12.1 Å². The van der Waals surface area contributed by atoms with E-state index in [0.29, 0.717) is 23.1 Å². The summed E-state index contributed by atoms with van der Waals surface area (Å²) in [5.41, 5.74) is -0.283. The molecule has 0 amide bonds. The minimum absolute atomic E-state index is 0.283. The highest BCUT2D eigenvalue weighted by Gasteiger charge is 2.06. The second-order valence-electron chi connectivity index (χ2n) is 3.38. The molecular formula is C12H12N2O4. The molecule has 6 nitrogen and oxygen atoms in total. The Hall–Kier alpha value is -2.50. The smallest absolute Gasteiger partial charge is 0.264 e. The van der Waals surface area contributed by atoms with E-state index >= 15 is 0 Å². The van der Waals surface area contributed by atoms with Crippen molar-refractivity contribution < 1.29 is 14.2 Å². The van der Waals surface area contributed by atoms with Crippen molar-refractivity contribution in [2.75, 3.05) is 14.2 Å². The minimum atomic E-state index is -0.283. The molecule has 0 spiro atoms. The zero-order valence-corrected chi connectivity index (χ0v) is 9.97. The summed E-state index contributed by atoms with van der Waals surface area (Å²) in [5, 5.41) is 6.02. The van der Waals surface area contributed by atoms with Crippen molar-refractivity contribution in [3.05, 3.63) is 40.7 Å². The first-order chi connectivity index (χ1) is 8.72. The fourth-order valence-corrected chi connectivity index (χ4v) is 1.39. The van der Waals surface area contributed by atoms with E-state index in [4.69, 9.17) is 14.2 Å². The van der Waals surface area contributed by atoms with Crippen LogP contribution >= 0.6 is 0 Å². The van der Waals surface area contributed by atoms with Gasteiger partial charge in [0.15, 0.2) is 11.5 Å². The van der Waals surface area contributed by atoms with Gasteiger partial charge in [0.25, 0.3) is 5.56 Å². The van der Waals surface area contributed by atoms with Crippen LogP contribution in [0.2, 0.25) is 0 Å². The Labute approximate surface area is 103 Å². The number of nitrogens with one attached hydrogen (secondary N) is 1. The van der Waals surface area contributed by atoms with E-state index in [1.54, 1.807) is 32.4 Å². The number of H-pyrrole nitrogens is 1. The van der Waals surface area contributed by atoms with Gasteiger partial charge in [0.2, 0.25) is 5.88 Å². The molecule has 0 unspecified atom stereocenters. The molecule has 0 fully saturated rings. The Morgan fingerprint density at radius 1 is 1.06 bits per heavy atom. The average Bonchev–Trinajstić information content (AvgIpc) is 2.41. The zero-order valence-electron chi connectivity index (χ0n) is 9.97. The number of benzene rings is 1. The molecule has 1 N–H and O–H groups in total. The summed E-state index contributed by atoms with van der Waals surface area (Å²) < 4.78 is 15.7. The number of hydrogen-bond donors (Lipinski definition) is 1. The Morgan fingerprint density at radius 2 is 1.83 bits per heavy atom. The summed E-state index contributed by atoms with van der Waals surface area (Å²) in [7, 11) is 3.10. The molecule has 0 radical (unpaired) electrons. The van der Waals surface area contributed by atoms with Crippen LogP contribution in [-0.4, -0.2) is 24.4 Å². The third-order valence-electron chi connectivity index (χ3n) is 2.23. The standard InChI is InChI=1S/C12H12N2O4/c1-16-9-4-3-8(7-10(9)17-2)18-12-6-5-11(15)13-14-12/h3-7H,1-2H3,(H,13,15). The molecule has 2 rings (SSSR count). The number of ether oxygens (including phenoxy) is 3. The van der Waals surface area contributed by atoms with Crippen molar-refractivity contribution in [3.8, 4) is 23.1 Å². The fourth-order valence-electron chi connectivity index (χ4n) is 1.39. The van der Waals surface area contributed by atoms with Crippen LogP contribution in [0.25, 0.3) is 0 Å². The van der Waals surface area contributed by atoms with Crippen LogP contribution in [0.15, 0.2) is 35.1 Å². The topological polar surface area (TPSA) is 73.4 Å². The van der Waals surface area contributed by atoms with E-state index in [9.17, 15) is 4.79 Å². The molecule has 94 valence electrons. The molecule has 18 heavy (non-hydrogen) atoms. The van der Waals surface area contributed by atoms with Gasteiger partial charge in [-0.15, -0.1) is 5.10 Å². The molecule has 0 saturated carbocycles. The molecule has 0 bridgehead atoms. The number of rotatable bonds is 4. The molecule has 0 aliphatic heterocycles. The highest BCUT2D eigenvalue weighted by molar-refractivity contribution is 5.46. The third-order valence-corrected chi connectivity index (χ3v) is 2.23. The molecule has 1 heterocycles. The van der Waals surface area contributed by atoms with Gasteiger partial charge in [-0.3, -0.25) is 4.79 Å². The van der Waals surface area contributed by atoms with E-state index in [0.717, 1.165) is 0 Å². The van der Waals surface area contributed by atoms with Crippen molar-refractivity contribution in [3.63, 3.8) is 0 Å². The zero-order chi connectivity index (χ0) is 13.0. The van der Waals surface area contributed by atoms with Gasteiger partial charge in [-0.25, -0.2) is 5.10 Å². The van der Waals surface area contributed by atoms with Gasteiger partial charge in [0.1, 0.15) is 5.75 Å². The highest BCUT2D eigenvalue weighted by Crippen LogP contribution is 2.32. The van der Waals surface area contributed by atoms with Crippen molar-refractivity contribution in [2.24, 2.45) is 0 Å². The van der Waals surface area contributed by atoms with Crippen molar-refractivity contribution in [1.82, 2.24) is 10.2 Å². The predicted molar refractivity (Wildman–Crippen MR) is 64.5 cm³/mol. The lowest BCUT2D eigenvalue weighted by Crippen LogP contribution is -2.05. The maximum Gasteiger partial charge on any atom is 0.264 e. The van der Waals surface area contributed by atoms with Gasteiger partial charge in [0.05, 0.1) is 14.2 Å². The van der Waals surface area contributed by atoms with Crippen molar-refractivity contribution >= 4 is 0 Å². The molecule has 6 heteroatoms. The van der Waals surface area contributed by atoms with Crippen LogP contribution in [0.1, 0.15) is 0 Å². The summed E-state index contributed by atoms with van der Waals surface area (Å²) in [5.74, 6) is 1.99. The number of methoxy groups -OCH3 is 2. The van der Waals surface area contributed by atoms with Crippen molar-refractivity contribution in [1.29, 1.82) is 0 Å². The van der Waals surface area contributed by atoms with E-state index < -0.39 is 0 Å². The normalized spacial score (nSPS) is 9.89. The van der Waals surface area contributed by atoms with Gasteiger partial charge in [-0.1, -0.05) is 0 Å². The summed E-state index contributed by atoms with van der Waals surface area (Å²) in [6, 6.07) is 7.93. The molecule has 1 aromatic carbocycles. The SMILES string of the molecule is COc1ccc(Oc2ccc(=O)[nH]n2)cc1OC. The lowest BCUT2D eigenvalue weighted by atomic mass is 10.3. The van der Waals surface area contributed by atoms with Crippen LogP contribution < -0.4 is 19.8 Å². The maximum atomic E-state index is 10.8. The average molecular weight is 248 g/mol. The van der Waals surface area contributed by atoms with Gasteiger partial charge in [-0.05, 0) is 12.1 Å². The Morgan fingerprint density at radius 3 is 2.44 bits per heavy atom. The van der Waals surface area contributed by atoms with Crippen LogP contribution in [-0.2, 0) is 0 Å². The number of hydrogen-bond acceptors (Lipinski definition) is 5. The summed E-state index contributed by atoms with van der Waals surface area (Å²) in [6.45, 7) is 0. The number of aromatic amines is 1. The third kappa shape index (κ3) is 2.60. The minimum Gasteiger partial charge on any atom is -0.493 e. The second kappa shape index (κ2) is 5.22. The quantitative estimate of drug-likeness (QED) is 0.889. The predicted octanol–water partition coefficient (Wildman–Crippen LogP) is 1.58. The number of aromatic nitrogens is 2. The lowest BCUT2D eigenvalue weighted by Gasteiger charge is -2.09. The summed E-state index contributed by atoms with van der Waals surface area (Å²) in [4.78, 5) is 10.8. The van der Waals surface area contributed by atoms with Gasteiger partial charge < -0.3 is 14.2 Å². The van der Waals surface area contributed by atoms with Crippen molar-refractivity contribution in [2.45, 2.75) is 0 Å². The monoisotopic (exact) mass is 248 g/mol. The summed E-state index contributed by atoms with van der Waals surface area (Å²) >= 11 is 0. The Bertz CT molecular complexity index is 574. The molecule has 0 aliphatic carbocycles. The largest absolute Gasteiger partial charge is 0.493 e. The van der Waals surface area contributed by atoms with E-state index in [2.05, 4.69) is 10.2 Å². The molecule has 2 aromatic rings. The molecule has 0 saturated heterocycles. The second-order valence-corrected chi connectivity index (χ2v) is 3.38. The Balaban J connectivity index is 2.24. The summed E-state index contributed by atoms with van der Waals surface area (Å²) in [6.07, 6.45) is 0. The van der Waals surface area contributed by atoms with Crippen LogP contribution in [0, 0.1) is 0 Å². The molecule has 1 aromatic heterocycles. The first kappa shape index (κ1) is 12.0. The first-order valence-corrected chi connectivity index (χ1v) is 5.18. The highest BCUT2D eigenvalue weighted by atomic mass is 16.5. The lowest BCUT2D eigenvalue weighted by molar-refractivity contribution is 0.351. The fraction of sp³-hybridized carbons (Fsp3) is 0.167. The van der Waals surface area contributed by atoms with Crippen LogP contribution in [0.5, 0.6) is 23.1 Å². The van der Waals surface area contributed by atoms with Crippen LogP contribution in [0.3, 0.4) is 0 Å². The van der Waals surface area contributed by atoms with Gasteiger partial charge >= 0.3 is 0 Å². The van der Waals surface area contributed by atoms with E-state index in [1.807, 2.05) is 0 Å². The Kier molecular flexibility index (Phi) is 3.47. The number of nitrogens with zero attached hydrogens (tertiary/aromatic N) is 1. The van der Waals surface area contributed by atoms with Crippen LogP contribution in [0.4, 0.5) is 0 Å². The maximum absolute atomic E-state index is 10.8. The van der Waals surface area contributed by atoms with Gasteiger partial charge in [-0.2, -0.15) is 0 Å².